The van der Waals surface area contributed by atoms with Crippen LogP contribution < -0.4 is 5.32 Å². The SMILES string of the molecule is O=C(N[C@@H]1CCCC[C@H]1O)c1cc(F)c(F)c(F)c1F. The Balaban J connectivity index is 2.21. The average Bonchev–Trinajstić information content (AvgIpc) is 2.43. The molecular formula is C13H13F4NO2. The molecule has 0 bridgehead atoms. The number of hydrogen-bond acceptors (Lipinski definition) is 2. The lowest BCUT2D eigenvalue weighted by Gasteiger charge is -2.28. The Bertz CT molecular complexity index is 536. The minimum absolute atomic E-state index is 0.304. The third-order valence-electron chi connectivity index (χ3n) is 3.39. The topological polar surface area (TPSA) is 49.3 Å². The Labute approximate surface area is 112 Å². The van der Waals surface area contributed by atoms with Gasteiger partial charge in [0.2, 0.25) is 0 Å². The maximum absolute atomic E-state index is 13.4. The molecule has 0 spiro atoms. The summed E-state index contributed by atoms with van der Waals surface area (Å²) < 4.78 is 52.3. The number of halogens is 4. The van der Waals surface area contributed by atoms with Crippen LogP contribution in [0.3, 0.4) is 0 Å². The smallest absolute Gasteiger partial charge is 0.254 e. The molecule has 1 aromatic rings. The Hall–Kier alpha value is -1.63. The lowest BCUT2D eigenvalue weighted by molar-refractivity contribution is 0.0713. The van der Waals surface area contributed by atoms with Crippen molar-refractivity contribution in [2.45, 2.75) is 37.8 Å². The second-order valence-electron chi connectivity index (χ2n) is 4.78. The van der Waals surface area contributed by atoms with Crippen LogP contribution in [-0.2, 0) is 0 Å². The number of nitrogens with one attached hydrogen (secondary N) is 1. The molecule has 2 N–H and O–H groups in total. The van der Waals surface area contributed by atoms with Crippen molar-refractivity contribution in [2.24, 2.45) is 0 Å². The predicted octanol–water partition coefficient (Wildman–Crippen LogP) is 2.28. The van der Waals surface area contributed by atoms with Crippen molar-refractivity contribution < 1.29 is 27.5 Å². The highest BCUT2D eigenvalue weighted by molar-refractivity contribution is 5.94. The molecule has 20 heavy (non-hydrogen) atoms. The zero-order valence-electron chi connectivity index (χ0n) is 10.4. The fourth-order valence-electron chi connectivity index (χ4n) is 2.26. The van der Waals surface area contributed by atoms with Crippen LogP contribution in [0.5, 0.6) is 0 Å². The molecule has 7 heteroatoms. The van der Waals surface area contributed by atoms with E-state index in [1.54, 1.807) is 0 Å². The molecule has 110 valence electrons. The van der Waals surface area contributed by atoms with Crippen molar-refractivity contribution in [1.82, 2.24) is 5.32 Å². The van der Waals surface area contributed by atoms with Gasteiger partial charge in [0.1, 0.15) is 0 Å². The summed E-state index contributed by atoms with van der Waals surface area (Å²) in [6.45, 7) is 0. The molecule has 1 aliphatic rings. The molecule has 1 aliphatic carbocycles. The van der Waals surface area contributed by atoms with Crippen LogP contribution in [0.4, 0.5) is 17.6 Å². The Morgan fingerprint density at radius 2 is 1.75 bits per heavy atom. The van der Waals surface area contributed by atoms with E-state index in [1.807, 2.05) is 0 Å². The van der Waals surface area contributed by atoms with E-state index in [9.17, 15) is 27.5 Å². The molecule has 0 heterocycles. The van der Waals surface area contributed by atoms with Crippen molar-refractivity contribution in [3.8, 4) is 0 Å². The summed E-state index contributed by atoms with van der Waals surface area (Å²) >= 11 is 0. The van der Waals surface area contributed by atoms with Crippen molar-refractivity contribution >= 4 is 5.91 Å². The van der Waals surface area contributed by atoms with E-state index in [4.69, 9.17) is 0 Å². The van der Waals surface area contributed by atoms with Crippen LogP contribution >= 0.6 is 0 Å². The van der Waals surface area contributed by atoms with Crippen LogP contribution in [0.25, 0.3) is 0 Å². The van der Waals surface area contributed by atoms with Gasteiger partial charge in [0.25, 0.3) is 5.91 Å². The highest BCUT2D eigenvalue weighted by Crippen LogP contribution is 2.21. The molecule has 0 aliphatic heterocycles. The molecule has 0 aromatic heterocycles. The van der Waals surface area contributed by atoms with E-state index in [0.29, 0.717) is 18.9 Å². The first kappa shape index (κ1) is 14.8. The van der Waals surface area contributed by atoms with Gasteiger partial charge < -0.3 is 10.4 Å². The minimum atomic E-state index is -2.03. The van der Waals surface area contributed by atoms with Gasteiger partial charge in [0.05, 0.1) is 17.7 Å². The summed E-state index contributed by atoms with van der Waals surface area (Å²) in [7, 11) is 0. The second-order valence-corrected chi connectivity index (χ2v) is 4.78. The fraction of sp³-hybridized carbons (Fsp3) is 0.462. The Kier molecular flexibility index (Phi) is 4.27. The molecule has 0 radical (unpaired) electrons. The first-order chi connectivity index (χ1) is 9.41. The molecule has 1 aromatic carbocycles. The van der Waals surface area contributed by atoms with Gasteiger partial charge in [-0.15, -0.1) is 0 Å². The van der Waals surface area contributed by atoms with Crippen molar-refractivity contribution in [2.75, 3.05) is 0 Å². The van der Waals surface area contributed by atoms with E-state index in [0.717, 1.165) is 12.8 Å². The van der Waals surface area contributed by atoms with Gasteiger partial charge in [-0.05, 0) is 18.9 Å². The zero-order chi connectivity index (χ0) is 14.9. The average molecular weight is 291 g/mol. The first-order valence-corrected chi connectivity index (χ1v) is 6.23. The van der Waals surface area contributed by atoms with Crippen molar-refractivity contribution in [3.05, 3.63) is 34.9 Å². The molecule has 1 saturated carbocycles. The normalized spacial score (nSPS) is 22.6. The van der Waals surface area contributed by atoms with E-state index < -0.39 is 46.9 Å². The van der Waals surface area contributed by atoms with Gasteiger partial charge >= 0.3 is 0 Å². The number of aliphatic hydroxyl groups excluding tert-OH is 1. The second kappa shape index (κ2) is 5.78. The monoisotopic (exact) mass is 291 g/mol. The quantitative estimate of drug-likeness (QED) is 0.499. The van der Waals surface area contributed by atoms with Gasteiger partial charge in [-0.1, -0.05) is 12.8 Å². The van der Waals surface area contributed by atoms with E-state index in [1.165, 1.54) is 0 Å². The van der Waals surface area contributed by atoms with E-state index >= 15 is 0 Å². The molecular weight excluding hydrogens is 278 g/mol. The van der Waals surface area contributed by atoms with Crippen molar-refractivity contribution in [3.63, 3.8) is 0 Å². The standard InChI is InChI=1S/C13H13F4NO2/c14-7-5-6(10(15)12(17)11(7)16)13(20)18-8-3-1-2-4-9(8)19/h5,8-9,19H,1-4H2,(H,18,20)/t8-,9-/m1/s1. The minimum Gasteiger partial charge on any atom is -0.391 e. The lowest BCUT2D eigenvalue weighted by atomic mass is 9.92. The van der Waals surface area contributed by atoms with Crippen LogP contribution in [-0.4, -0.2) is 23.2 Å². The first-order valence-electron chi connectivity index (χ1n) is 6.23. The Morgan fingerprint density at radius 3 is 2.40 bits per heavy atom. The molecule has 2 rings (SSSR count). The summed E-state index contributed by atoms with van der Waals surface area (Å²) in [6, 6.07) is -0.301. The summed E-state index contributed by atoms with van der Waals surface area (Å²) in [5, 5.41) is 12.0. The Morgan fingerprint density at radius 1 is 1.10 bits per heavy atom. The van der Waals surface area contributed by atoms with E-state index in [2.05, 4.69) is 5.32 Å². The number of aliphatic hydroxyl groups is 1. The van der Waals surface area contributed by atoms with Gasteiger partial charge in [0, 0.05) is 0 Å². The van der Waals surface area contributed by atoms with Gasteiger partial charge in [0.15, 0.2) is 23.3 Å². The molecule has 1 fully saturated rings. The van der Waals surface area contributed by atoms with Gasteiger partial charge in [-0.2, -0.15) is 0 Å². The summed E-state index contributed by atoms with van der Waals surface area (Å²) in [5.41, 5.74) is -0.917. The maximum Gasteiger partial charge on any atom is 0.254 e. The number of rotatable bonds is 2. The predicted molar refractivity (Wildman–Crippen MR) is 62.0 cm³/mol. The third-order valence-corrected chi connectivity index (χ3v) is 3.39. The fourth-order valence-corrected chi connectivity index (χ4v) is 2.26. The molecule has 1 amide bonds. The number of carbonyl (C=O) groups is 1. The summed E-state index contributed by atoms with van der Waals surface area (Å²) in [6.07, 6.45) is 1.77. The highest BCUT2D eigenvalue weighted by atomic mass is 19.2. The van der Waals surface area contributed by atoms with Crippen LogP contribution in [0.1, 0.15) is 36.0 Å². The summed E-state index contributed by atoms with van der Waals surface area (Å²) in [5.74, 6) is -8.45. The highest BCUT2D eigenvalue weighted by Gasteiger charge is 2.28. The number of carbonyl (C=O) groups excluding carboxylic acids is 1. The number of hydrogen-bond donors (Lipinski definition) is 2. The maximum atomic E-state index is 13.4. The van der Waals surface area contributed by atoms with Gasteiger partial charge in [-0.25, -0.2) is 17.6 Å². The van der Waals surface area contributed by atoms with Crippen LogP contribution in [0, 0.1) is 23.3 Å². The largest absolute Gasteiger partial charge is 0.391 e. The third kappa shape index (κ3) is 2.77. The van der Waals surface area contributed by atoms with Crippen LogP contribution in [0.15, 0.2) is 6.07 Å². The van der Waals surface area contributed by atoms with Crippen molar-refractivity contribution in [1.29, 1.82) is 0 Å². The lowest BCUT2D eigenvalue weighted by Crippen LogP contribution is -2.45. The molecule has 0 unspecified atom stereocenters. The van der Waals surface area contributed by atoms with E-state index in [-0.39, 0.29) is 0 Å². The molecule has 3 nitrogen and oxygen atoms in total. The summed E-state index contributed by atoms with van der Waals surface area (Å²) in [4.78, 5) is 11.8. The number of benzene rings is 1. The zero-order valence-corrected chi connectivity index (χ0v) is 10.4. The van der Waals surface area contributed by atoms with Crippen LogP contribution in [0.2, 0.25) is 0 Å². The molecule has 2 atom stereocenters. The number of amides is 1. The molecule has 0 saturated heterocycles. The van der Waals surface area contributed by atoms with Gasteiger partial charge in [-0.3, -0.25) is 4.79 Å².